The van der Waals surface area contributed by atoms with Crippen molar-refractivity contribution >= 4 is 32.8 Å². The van der Waals surface area contributed by atoms with E-state index < -0.39 is 21.8 Å². The summed E-state index contributed by atoms with van der Waals surface area (Å²) in [5.74, 6) is 0. The standard InChI is InChI=1S/C25H30F3N3O4S2/c1-24(32,25(26,27)28)17-6-8-18(9-7-17)31-11-10-30(37(33,34)23-5-3-2-4-22(23)36)14-20(31)13-29-15-21-12-19(29)16-35-21/h2-3,5-9,19-21,32H,4,10-16H2,1H3/t19-,20+,21-,24+/m1/s1. The van der Waals surface area contributed by atoms with E-state index in [1.54, 1.807) is 24.3 Å². The summed E-state index contributed by atoms with van der Waals surface area (Å²) in [6.07, 6.45) is 1.81. The number of thiocarbonyl (C=S) groups is 1. The fourth-order valence-electron chi connectivity index (χ4n) is 5.55. The van der Waals surface area contributed by atoms with Gasteiger partial charge in [0.15, 0.2) is 5.60 Å². The highest BCUT2D eigenvalue weighted by Crippen LogP contribution is 2.39. The minimum atomic E-state index is -4.81. The lowest BCUT2D eigenvalue weighted by Gasteiger charge is -2.45. The van der Waals surface area contributed by atoms with Gasteiger partial charge in [-0.2, -0.15) is 17.5 Å². The molecule has 0 amide bonds. The molecule has 37 heavy (non-hydrogen) atoms. The summed E-state index contributed by atoms with van der Waals surface area (Å²) in [6.45, 7) is 3.57. The molecule has 202 valence electrons. The van der Waals surface area contributed by atoms with Crippen molar-refractivity contribution in [2.24, 2.45) is 0 Å². The molecule has 0 aromatic heterocycles. The Balaban J connectivity index is 1.40. The predicted molar refractivity (Wildman–Crippen MR) is 138 cm³/mol. The molecule has 1 N–H and O–H groups in total. The average molecular weight is 558 g/mol. The van der Waals surface area contributed by atoms with Crippen LogP contribution in [0.4, 0.5) is 18.9 Å². The lowest BCUT2D eigenvalue weighted by Crippen LogP contribution is -2.59. The van der Waals surface area contributed by atoms with Gasteiger partial charge < -0.3 is 14.7 Å². The molecule has 0 unspecified atom stereocenters. The van der Waals surface area contributed by atoms with Crippen LogP contribution in [0.1, 0.15) is 25.3 Å². The number of hydrogen-bond acceptors (Lipinski definition) is 7. The van der Waals surface area contributed by atoms with Crippen LogP contribution in [0, 0.1) is 0 Å². The third-order valence-corrected chi connectivity index (χ3v) is 10.3. The maximum Gasteiger partial charge on any atom is 0.421 e. The molecule has 3 heterocycles. The fourth-order valence-corrected chi connectivity index (χ4v) is 7.62. The molecule has 2 bridgehead atoms. The molecule has 3 saturated heterocycles. The Morgan fingerprint density at radius 2 is 1.89 bits per heavy atom. The number of morpholine rings is 1. The predicted octanol–water partition coefficient (Wildman–Crippen LogP) is 2.96. The summed E-state index contributed by atoms with van der Waals surface area (Å²) in [5.41, 5.74) is -2.53. The molecular weight excluding hydrogens is 527 g/mol. The Bertz CT molecular complexity index is 1210. The molecule has 4 atom stereocenters. The lowest BCUT2D eigenvalue weighted by atomic mass is 9.95. The first-order chi connectivity index (χ1) is 17.4. The molecule has 1 aromatic carbocycles. The Labute approximate surface area is 220 Å². The van der Waals surface area contributed by atoms with Crippen LogP contribution in [0.15, 0.2) is 47.4 Å². The molecule has 12 heteroatoms. The molecule has 7 nitrogen and oxygen atoms in total. The van der Waals surface area contributed by atoms with E-state index in [0.717, 1.165) is 19.9 Å². The molecule has 5 rings (SSSR count). The maximum absolute atomic E-state index is 13.5. The van der Waals surface area contributed by atoms with E-state index >= 15 is 0 Å². The number of ether oxygens (including phenoxy) is 1. The number of hydrogen-bond donors (Lipinski definition) is 1. The van der Waals surface area contributed by atoms with Crippen molar-refractivity contribution in [3.63, 3.8) is 0 Å². The van der Waals surface area contributed by atoms with E-state index in [1.165, 1.54) is 16.4 Å². The van der Waals surface area contributed by atoms with E-state index in [-0.39, 0.29) is 41.7 Å². The summed E-state index contributed by atoms with van der Waals surface area (Å²) in [4.78, 5) is 4.92. The second-order valence-electron chi connectivity index (χ2n) is 10.2. The highest BCUT2D eigenvalue weighted by Gasteiger charge is 2.51. The van der Waals surface area contributed by atoms with Gasteiger partial charge in [-0.1, -0.05) is 36.5 Å². The van der Waals surface area contributed by atoms with Gasteiger partial charge in [-0.25, -0.2) is 8.42 Å². The average Bonchev–Trinajstić information content (AvgIpc) is 3.47. The highest BCUT2D eigenvalue weighted by molar-refractivity contribution is 7.96. The van der Waals surface area contributed by atoms with Gasteiger partial charge in [0.25, 0.3) is 0 Å². The summed E-state index contributed by atoms with van der Waals surface area (Å²) in [7, 11) is -3.79. The summed E-state index contributed by atoms with van der Waals surface area (Å²) in [6, 6.07) is 5.75. The first-order valence-electron chi connectivity index (χ1n) is 12.3. The summed E-state index contributed by atoms with van der Waals surface area (Å²) < 4.78 is 74.1. The number of benzene rings is 1. The van der Waals surface area contributed by atoms with Crippen LogP contribution in [0.3, 0.4) is 0 Å². The minimum Gasteiger partial charge on any atom is -0.376 e. The number of nitrogens with zero attached hydrogens (tertiary/aromatic N) is 3. The van der Waals surface area contributed by atoms with Crippen molar-refractivity contribution in [2.45, 2.75) is 49.7 Å². The zero-order valence-corrected chi connectivity index (χ0v) is 22.0. The van der Waals surface area contributed by atoms with Crippen LogP contribution >= 0.6 is 12.2 Å². The van der Waals surface area contributed by atoms with Gasteiger partial charge in [-0.3, -0.25) is 4.90 Å². The van der Waals surface area contributed by atoms with Gasteiger partial charge in [0.2, 0.25) is 10.0 Å². The van der Waals surface area contributed by atoms with Crippen LogP contribution in [0.2, 0.25) is 0 Å². The number of aliphatic hydroxyl groups is 1. The van der Waals surface area contributed by atoms with Gasteiger partial charge in [-0.05, 0) is 37.1 Å². The quantitative estimate of drug-likeness (QED) is 0.540. The Hall–Kier alpha value is -1.83. The molecule has 0 spiro atoms. The first kappa shape index (κ1) is 26.8. The lowest BCUT2D eigenvalue weighted by molar-refractivity contribution is -0.258. The number of piperazine rings is 1. The third kappa shape index (κ3) is 4.99. The molecule has 3 fully saturated rings. The SMILES string of the molecule is C[C@](O)(c1ccc(N2CCN(S(=O)(=O)C3=CC=CCC3=S)C[C@@H]2CN2C[C@H]3C[C@@H]2CO3)cc1)C(F)(F)F. The van der Waals surface area contributed by atoms with Gasteiger partial charge in [0, 0.05) is 55.7 Å². The van der Waals surface area contributed by atoms with Crippen LogP contribution in [-0.2, 0) is 20.4 Å². The van der Waals surface area contributed by atoms with Gasteiger partial charge >= 0.3 is 6.18 Å². The zero-order valence-electron chi connectivity index (χ0n) is 20.4. The second-order valence-corrected chi connectivity index (χ2v) is 12.6. The molecule has 3 aliphatic heterocycles. The van der Waals surface area contributed by atoms with Crippen molar-refractivity contribution in [2.75, 3.05) is 44.2 Å². The van der Waals surface area contributed by atoms with Crippen molar-refractivity contribution in [3.05, 3.63) is 53.0 Å². The van der Waals surface area contributed by atoms with Crippen molar-refractivity contribution < 1.29 is 31.4 Å². The number of alkyl halides is 3. The highest BCUT2D eigenvalue weighted by atomic mass is 32.2. The van der Waals surface area contributed by atoms with E-state index in [9.17, 15) is 26.7 Å². The molecule has 0 saturated carbocycles. The number of likely N-dealkylation sites (tertiary alicyclic amines) is 1. The van der Waals surface area contributed by atoms with Crippen LogP contribution in [0.5, 0.6) is 0 Å². The number of sulfonamides is 1. The van der Waals surface area contributed by atoms with E-state index in [0.29, 0.717) is 36.7 Å². The van der Waals surface area contributed by atoms with Gasteiger partial charge in [0.05, 0.1) is 23.7 Å². The minimum absolute atomic E-state index is 0.157. The van der Waals surface area contributed by atoms with E-state index in [2.05, 4.69) is 9.80 Å². The summed E-state index contributed by atoms with van der Waals surface area (Å²) >= 11 is 5.34. The Morgan fingerprint density at radius 3 is 2.49 bits per heavy atom. The van der Waals surface area contributed by atoms with E-state index in [1.807, 2.05) is 6.08 Å². The first-order valence-corrected chi connectivity index (χ1v) is 14.1. The Morgan fingerprint density at radius 1 is 1.16 bits per heavy atom. The number of anilines is 1. The normalized spacial score (nSPS) is 29.0. The van der Waals surface area contributed by atoms with Crippen molar-refractivity contribution in [3.8, 4) is 0 Å². The topological polar surface area (TPSA) is 73.3 Å². The monoisotopic (exact) mass is 557 g/mol. The number of halogens is 3. The summed E-state index contributed by atoms with van der Waals surface area (Å²) in [5, 5.41) is 10.0. The smallest absolute Gasteiger partial charge is 0.376 e. The molecule has 1 aliphatic carbocycles. The number of rotatable bonds is 6. The van der Waals surface area contributed by atoms with Crippen molar-refractivity contribution in [1.82, 2.24) is 9.21 Å². The van der Waals surface area contributed by atoms with Crippen LogP contribution in [-0.4, -0.2) is 91.3 Å². The number of allylic oxidation sites excluding steroid dienone is 4. The second kappa shape index (κ2) is 9.73. The van der Waals surface area contributed by atoms with Crippen LogP contribution in [0.25, 0.3) is 0 Å². The van der Waals surface area contributed by atoms with Gasteiger partial charge in [0.1, 0.15) is 0 Å². The molecular formula is C25H30F3N3O4S2. The molecule has 0 radical (unpaired) electrons. The molecule has 1 aromatic rings. The Kier molecular flexibility index (Phi) is 7.04. The van der Waals surface area contributed by atoms with Gasteiger partial charge in [-0.15, -0.1) is 0 Å². The third-order valence-electron chi connectivity index (χ3n) is 7.80. The van der Waals surface area contributed by atoms with E-state index in [4.69, 9.17) is 17.0 Å². The zero-order chi connectivity index (χ0) is 26.6. The fraction of sp³-hybridized carbons (Fsp3) is 0.560. The molecule has 4 aliphatic rings. The number of fused-ring (bicyclic) bond motifs is 2. The largest absolute Gasteiger partial charge is 0.421 e. The van der Waals surface area contributed by atoms with Crippen molar-refractivity contribution in [1.29, 1.82) is 0 Å². The maximum atomic E-state index is 13.5. The van der Waals surface area contributed by atoms with Crippen LogP contribution < -0.4 is 4.90 Å².